The maximum Gasteiger partial charge on any atom is 0.274 e. The molecule has 4 rings (SSSR count). The maximum absolute atomic E-state index is 14.2. The van der Waals surface area contributed by atoms with Gasteiger partial charge in [0.2, 0.25) is 5.91 Å². The summed E-state index contributed by atoms with van der Waals surface area (Å²) in [6, 6.07) is 16.5. The molecule has 3 aromatic rings. The standard InChI is InChI=1S/C25H23FN4O2/c1-3-24(31)28-21-8-4-6-16-10-11-17(14-18(16)21)20-7-5-9-23(27-20)25(32)29-22-12-13-30(2)15-19(22)26/h3-11,14H,1,12-13,15H2,2H3,(H,28,31)(H,29,32). The van der Waals surface area contributed by atoms with Crippen LogP contribution < -0.4 is 10.6 Å². The zero-order valence-corrected chi connectivity index (χ0v) is 17.7. The molecule has 1 aliphatic heterocycles. The summed E-state index contributed by atoms with van der Waals surface area (Å²) in [6.07, 6.45) is 1.66. The third kappa shape index (κ3) is 4.58. The molecule has 0 unspecified atom stereocenters. The first kappa shape index (κ1) is 21.4. The summed E-state index contributed by atoms with van der Waals surface area (Å²) < 4.78 is 14.2. The Morgan fingerprint density at radius 1 is 1.12 bits per heavy atom. The Morgan fingerprint density at radius 3 is 2.72 bits per heavy atom. The van der Waals surface area contributed by atoms with E-state index in [0.29, 0.717) is 30.0 Å². The summed E-state index contributed by atoms with van der Waals surface area (Å²) in [6.45, 7) is 4.35. The van der Waals surface area contributed by atoms with Gasteiger partial charge in [0, 0.05) is 29.6 Å². The van der Waals surface area contributed by atoms with Crippen molar-refractivity contribution in [2.45, 2.75) is 6.42 Å². The van der Waals surface area contributed by atoms with Gasteiger partial charge in [0.05, 0.1) is 17.9 Å². The Labute approximate surface area is 185 Å². The minimum Gasteiger partial charge on any atom is -0.322 e. The third-order valence-electron chi connectivity index (χ3n) is 5.35. The fourth-order valence-electron chi connectivity index (χ4n) is 3.63. The highest BCUT2D eigenvalue weighted by Crippen LogP contribution is 2.29. The quantitative estimate of drug-likeness (QED) is 0.593. The van der Waals surface area contributed by atoms with Crippen LogP contribution in [-0.2, 0) is 4.79 Å². The van der Waals surface area contributed by atoms with Crippen molar-refractivity contribution in [2.24, 2.45) is 0 Å². The van der Waals surface area contributed by atoms with Crippen LogP contribution in [0.15, 0.2) is 78.8 Å². The topological polar surface area (TPSA) is 74.3 Å². The van der Waals surface area contributed by atoms with Crippen LogP contribution in [0.4, 0.5) is 10.1 Å². The number of anilines is 1. The first-order chi connectivity index (χ1) is 15.4. The van der Waals surface area contributed by atoms with Crippen molar-refractivity contribution in [3.05, 3.63) is 84.5 Å². The SMILES string of the molecule is C=CC(=O)Nc1cccc2ccc(-c3cccc(C(=O)NC4=C(F)CN(C)CC4)n3)cc12. The number of amides is 2. The summed E-state index contributed by atoms with van der Waals surface area (Å²) in [5.74, 6) is -1.07. The van der Waals surface area contributed by atoms with E-state index in [1.807, 2.05) is 48.3 Å². The smallest absolute Gasteiger partial charge is 0.274 e. The Balaban J connectivity index is 1.63. The van der Waals surface area contributed by atoms with Gasteiger partial charge in [-0.3, -0.25) is 14.5 Å². The van der Waals surface area contributed by atoms with E-state index in [1.54, 1.807) is 18.2 Å². The van der Waals surface area contributed by atoms with Crippen LogP contribution in [0.5, 0.6) is 0 Å². The van der Waals surface area contributed by atoms with Crippen LogP contribution in [0.3, 0.4) is 0 Å². The van der Waals surface area contributed by atoms with Crippen LogP contribution in [-0.4, -0.2) is 41.8 Å². The highest BCUT2D eigenvalue weighted by Gasteiger charge is 2.19. The summed E-state index contributed by atoms with van der Waals surface area (Å²) in [7, 11) is 1.83. The number of carbonyl (C=O) groups excluding carboxylic acids is 2. The zero-order valence-electron chi connectivity index (χ0n) is 17.7. The number of aromatic nitrogens is 1. The van der Waals surface area contributed by atoms with Gasteiger partial charge in [-0.15, -0.1) is 0 Å². The molecule has 1 aliphatic rings. The van der Waals surface area contributed by atoms with Crippen molar-refractivity contribution >= 4 is 28.3 Å². The molecule has 6 nitrogen and oxygen atoms in total. The number of hydrogen-bond donors (Lipinski definition) is 2. The van der Waals surface area contributed by atoms with Crippen LogP contribution in [0, 0.1) is 0 Å². The van der Waals surface area contributed by atoms with Gasteiger partial charge in [0.1, 0.15) is 11.5 Å². The molecule has 0 spiro atoms. The average molecular weight is 430 g/mol. The van der Waals surface area contributed by atoms with Crippen molar-refractivity contribution in [2.75, 3.05) is 25.5 Å². The second-order valence-electron chi connectivity index (χ2n) is 7.67. The van der Waals surface area contributed by atoms with Gasteiger partial charge in [0.25, 0.3) is 5.91 Å². The first-order valence-electron chi connectivity index (χ1n) is 10.3. The molecular weight excluding hydrogens is 407 g/mol. The van der Waals surface area contributed by atoms with Gasteiger partial charge in [-0.05, 0) is 42.8 Å². The lowest BCUT2D eigenvalue weighted by atomic mass is 10.0. The number of pyridine rings is 1. The van der Waals surface area contributed by atoms with E-state index in [4.69, 9.17) is 0 Å². The molecule has 0 fully saturated rings. The molecule has 7 heteroatoms. The van der Waals surface area contributed by atoms with Gasteiger partial charge >= 0.3 is 0 Å². The molecule has 32 heavy (non-hydrogen) atoms. The van der Waals surface area contributed by atoms with Gasteiger partial charge in [-0.25, -0.2) is 9.37 Å². The van der Waals surface area contributed by atoms with Gasteiger partial charge < -0.3 is 10.6 Å². The minimum absolute atomic E-state index is 0.185. The number of benzene rings is 2. The van der Waals surface area contributed by atoms with Gasteiger partial charge in [0.15, 0.2) is 0 Å². The lowest BCUT2D eigenvalue weighted by molar-refractivity contribution is -0.111. The van der Waals surface area contributed by atoms with E-state index >= 15 is 0 Å². The highest BCUT2D eigenvalue weighted by atomic mass is 19.1. The Kier molecular flexibility index (Phi) is 6.09. The predicted molar refractivity (Wildman–Crippen MR) is 124 cm³/mol. The third-order valence-corrected chi connectivity index (χ3v) is 5.35. The highest BCUT2D eigenvalue weighted by molar-refractivity contribution is 6.06. The van der Waals surface area contributed by atoms with Crippen LogP contribution >= 0.6 is 0 Å². The van der Waals surface area contributed by atoms with Gasteiger partial charge in [-0.2, -0.15) is 0 Å². The molecule has 0 atom stereocenters. The Morgan fingerprint density at radius 2 is 1.94 bits per heavy atom. The molecule has 162 valence electrons. The van der Waals surface area contributed by atoms with E-state index in [9.17, 15) is 14.0 Å². The molecule has 0 radical (unpaired) electrons. The summed E-state index contributed by atoms with van der Waals surface area (Å²) in [5, 5.41) is 7.28. The summed E-state index contributed by atoms with van der Waals surface area (Å²) in [5.41, 5.74) is 2.57. The molecule has 1 aromatic heterocycles. The van der Waals surface area contributed by atoms with Crippen LogP contribution in [0.2, 0.25) is 0 Å². The van der Waals surface area contributed by atoms with E-state index in [2.05, 4.69) is 22.2 Å². The fourth-order valence-corrected chi connectivity index (χ4v) is 3.63. The van der Waals surface area contributed by atoms with Crippen molar-refractivity contribution in [1.29, 1.82) is 0 Å². The number of rotatable bonds is 5. The van der Waals surface area contributed by atoms with Crippen molar-refractivity contribution in [3.8, 4) is 11.3 Å². The second kappa shape index (κ2) is 9.11. The molecule has 2 aromatic carbocycles. The van der Waals surface area contributed by atoms with E-state index in [0.717, 1.165) is 16.3 Å². The second-order valence-corrected chi connectivity index (χ2v) is 7.67. The lowest BCUT2D eigenvalue weighted by Crippen LogP contribution is -2.33. The normalized spacial score (nSPS) is 14.3. The minimum atomic E-state index is -0.443. The molecule has 2 heterocycles. The summed E-state index contributed by atoms with van der Waals surface area (Å²) in [4.78, 5) is 30.8. The Hall–Kier alpha value is -3.84. The molecule has 2 amide bonds. The number of halogens is 1. The predicted octanol–water partition coefficient (Wildman–Crippen LogP) is 4.27. The van der Waals surface area contributed by atoms with Crippen LogP contribution in [0.1, 0.15) is 16.9 Å². The van der Waals surface area contributed by atoms with Gasteiger partial charge in [-0.1, -0.05) is 36.9 Å². The number of carbonyl (C=O) groups is 2. The van der Waals surface area contributed by atoms with Crippen LogP contribution in [0.25, 0.3) is 22.0 Å². The zero-order chi connectivity index (χ0) is 22.7. The Bertz CT molecular complexity index is 1250. The van der Waals surface area contributed by atoms with Crippen molar-refractivity contribution in [3.63, 3.8) is 0 Å². The lowest BCUT2D eigenvalue weighted by Gasteiger charge is -2.23. The summed E-state index contributed by atoms with van der Waals surface area (Å²) >= 11 is 0. The maximum atomic E-state index is 14.2. The largest absolute Gasteiger partial charge is 0.322 e. The first-order valence-corrected chi connectivity index (χ1v) is 10.3. The average Bonchev–Trinajstić information content (AvgIpc) is 2.80. The van der Waals surface area contributed by atoms with E-state index < -0.39 is 5.91 Å². The molecule has 0 bridgehead atoms. The van der Waals surface area contributed by atoms with E-state index in [1.165, 1.54) is 6.08 Å². The van der Waals surface area contributed by atoms with E-state index in [-0.39, 0.29) is 24.0 Å². The fraction of sp³-hybridized carbons (Fsp3) is 0.160. The number of likely N-dealkylation sites (N-methyl/N-ethyl adjacent to an activating group) is 1. The molecule has 0 aliphatic carbocycles. The molecule has 0 saturated carbocycles. The molecule has 2 N–H and O–H groups in total. The van der Waals surface area contributed by atoms with Crippen molar-refractivity contribution < 1.29 is 14.0 Å². The monoisotopic (exact) mass is 430 g/mol. The van der Waals surface area contributed by atoms with Crippen molar-refractivity contribution in [1.82, 2.24) is 15.2 Å². The number of nitrogens with zero attached hydrogens (tertiary/aromatic N) is 2. The molecule has 0 saturated heterocycles. The number of nitrogens with one attached hydrogen (secondary N) is 2. The molecular formula is C25H23FN4O2. The number of hydrogen-bond acceptors (Lipinski definition) is 4. The number of fused-ring (bicyclic) bond motifs is 1.